The van der Waals surface area contributed by atoms with Gasteiger partial charge >= 0.3 is 5.97 Å². The number of amides is 1. The van der Waals surface area contributed by atoms with E-state index in [1.54, 1.807) is 18.2 Å². The van der Waals surface area contributed by atoms with Crippen molar-refractivity contribution < 1.29 is 23.5 Å². The lowest BCUT2D eigenvalue weighted by Crippen LogP contribution is -2.23. The highest BCUT2D eigenvalue weighted by atomic mass is 19.1. The monoisotopic (exact) mass is 357 g/mol. The Balaban J connectivity index is 1.56. The number of esters is 1. The molecule has 136 valence electrons. The molecule has 0 aromatic heterocycles. The van der Waals surface area contributed by atoms with Crippen molar-refractivity contribution in [3.63, 3.8) is 0 Å². The van der Waals surface area contributed by atoms with E-state index in [1.807, 2.05) is 17.0 Å². The average molecular weight is 357 g/mol. The molecule has 1 saturated heterocycles. The molecule has 0 aliphatic carbocycles. The molecule has 26 heavy (non-hydrogen) atoms. The van der Waals surface area contributed by atoms with Gasteiger partial charge < -0.3 is 14.4 Å². The molecule has 5 nitrogen and oxygen atoms in total. The van der Waals surface area contributed by atoms with Gasteiger partial charge in [0.1, 0.15) is 6.61 Å². The van der Waals surface area contributed by atoms with Crippen LogP contribution in [0, 0.1) is 5.82 Å². The summed E-state index contributed by atoms with van der Waals surface area (Å²) >= 11 is 0. The van der Waals surface area contributed by atoms with Gasteiger partial charge in [0.2, 0.25) is 5.91 Å². The summed E-state index contributed by atoms with van der Waals surface area (Å²) in [4.78, 5) is 25.6. The van der Waals surface area contributed by atoms with Crippen molar-refractivity contribution >= 4 is 11.9 Å². The molecule has 0 spiro atoms. The van der Waals surface area contributed by atoms with Crippen LogP contribution in [-0.2, 0) is 22.7 Å². The Kier molecular flexibility index (Phi) is 5.51. The van der Waals surface area contributed by atoms with Crippen LogP contribution >= 0.6 is 0 Å². The molecule has 1 aliphatic rings. The molecule has 0 saturated carbocycles. The maximum Gasteiger partial charge on any atom is 0.338 e. The summed E-state index contributed by atoms with van der Waals surface area (Å²) in [7, 11) is 1.39. The van der Waals surface area contributed by atoms with Crippen LogP contribution in [0.1, 0.15) is 34.3 Å². The van der Waals surface area contributed by atoms with Gasteiger partial charge in [0.05, 0.1) is 12.7 Å². The number of likely N-dealkylation sites (tertiary alicyclic amines) is 1. The number of ether oxygens (including phenoxy) is 2. The summed E-state index contributed by atoms with van der Waals surface area (Å²) in [5.41, 5.74) is 1.92. The third-order valence-corrected chi connectivity index (χ3v) is 4.32. The van der Waals surface area contributed by atoms with Crippen molar-refractivity contribution in [3.05, 3.63) is 65.0 Å². The number of benzene rings is 2. The largest absolute Gasteiger partial charge is 0.494 e. The van der Waals surface area contributed by atoms with Crippen LogP contribution < -0.4 is 4.74 Å². The summed E-state index contributed by atoms with van der Waals surface area (Å²) in [5, 5.41) is 0. The summed E-state index contributed by atoms with van der Waals surface area (Å²) in [6, 6.07) is 11.4. The van der Waals surface area contributed by atoms with Crippen LogP contribution in [0.3, 0.4) is 0 Å². The van der Waals surface area contributed by atoms with Gasteiger partial charge in [-0.2, -0.15) is 0 Å². The van der Waals surface area contributed by atoms with E-state index in [0.29, 0.717) is 24.1 Å². The molecular formula is C20H20FNO4. The summed E-state index contributed by atoms with van der Waals surface area (Å²) in [6.45, 7) is 1.31. The maximum atomic E-state index is 13.6. The number of hydrogen-bond donors (Lipinski definition) is 0. The summed E-state index contributed by atoms with van der Waals surface area (Å²) in [5.74, 6) is -0.667. The number of hydrogen-bond acceptors (Lipinski definition) is 4. The Morgan fingerprint density at radius 3 is 2.50 bits per heavy atom. The van der Waals surface area contributed by atoms with Crippen molar-refractivity contribution in [3.8, 4) is 5.75 Å². The first-order valence-corrected chi connectivity index (χ1v) is 8.43. The molecule has 1 aliphatic heterocycles. The van der Waals surface area contributed by atoms with Gasteiger partial charge in [-0.15, -0.1) is 0 Å². The van der Waals surface area contributed by atoms with Crippen molar-refractivity contribution in [1.82, 2.24) is 4.90 Å². The summed E-state index contributed by atoms with van der Waals surface area (Å²) < 4.78 is 23.7. The molecule has 6 heteroatoms. The Morgan fingerprint density at radius 1 is 1.15 bits per heavy atom. The second-order valence-corrected chi connectivity index (χ2v) is 6.16. The Hall–Kier alpha value is -2.89. The predicted molar refractivity (Wildman–Crippen MR) is 93.2 cm³/mol. The molecule has 0 radical (unpaired) electrons. The Morgan fingerprint density at radius 2 is 1.88 bits per heavy atom. The molecule has 0 N–H and O–H groups in total. The van der Waals surface area contributed by atoms with E-state index in [1.165, 1.54) is 19.2 Å². The zero-order chi connectivity index (χ0) is 18.5. The molecule has 1 fully saturated rings. The van der Waals surface area contributed by atoms with Gasteiger partial charge in [-0.25, -0.2) is 9.18 Å². The number of rotatable bonds is 6. The van der Waals surface area contributed by atoms with Gasteiger partial charge in [-0.3, -0.25) is 4.79 Å². The minimum atomic E-state index is -0.498. The van der Waals surface area contributed by atoms with Crippen LogP contribution in [-0.4, -0.2) is 30.4 Å². The normalized spacial score (nSPS) is 13.8. The lowest BCUT2D eigenvalue weighted by atomic mass is 10.1. The van der Waals surface area contributed by atoms with Gasteiger partial charge in [0.15, 0.2) is 11.6 Å². The molecule has 2 aromatic rings. The SMILES string of the molecule is COc1ccc(COC(=O)c2ccc(CN3CCCC3=O)cc2)cc1F. The van der Waals surface area contributed by atoms with Crippen LogP contribution in [0.2, 0.25) is 0 Å². The van der Waals surface area contributed by atoms with Crippen molar-refractivity contribution in [2.45, 2.75) is 26.0 Å². The zero-order valence-corrected chi connectivity index (χ0v) is 14.5. The smallest absolute Gasteiger partial charge is 0.338 e. The predicted octanol–water partition coefficient (Wildman–Crippen LogP) is 3.31. The minimum Gasteiger partial charge on any atom is -0.494 e. The number of nitrogens with zero attached hydrogens (tertiary/aromatic N) is 1. The highest BCUT2D eigenvalue weighted by Crippen LogP contribution is 2.19. The zero-order valence-electron chi connectivity index (χ0n) is 14.5. The Bertz CT molecular complexity index is 804. The van der Waals surface area contributed by atoms with E-state index in [4.69, 9.17) is 9.47 Å². The fourth-order valence-electron chi connectivity index (χ4n) is 2.87. The molecule has 1 heterocycles. The van der Waals surface area contributed by atoms with E-state index < -0.39 is 11.8 Å². The minimum absolute atomic E-state index is 0.0240. The van der Waals surface area contributed by atoms with Gasteiger partial charge in [0, 0.05) is 19.5 Å². The van der Waals surface area contributed by atoms with E-state index in [0.717, 1.165) is 18.5 Å². The fourth-order valence-corrected chi connectivity index (χ4v) is 2.87. The van der Waals surface area contributed by atoms with Crippen molar-refractivity contribution in [1.29, 1.82) is 0 Å². The average Bonchev–Trinajstić information content (AvgIpc) is 3.05. The van der Waals surface area contributed by atoms with E-state index in [-0.39, 0.29) is 18.3 Å². The van der Waals surface area contributed by atoms with Crippen LogP contribution in [0.5, 0.6) is 5.75 Å². The first kappa shape index (κ1) is 17.9. The standard InChI is InChI=1S/C20H20FNO4/c1-25-18-9-6-15(11-17(18)21)13-26-20(24)16-7-4-14(5-8-16)12-22-10-2-3-19(22)23/h4-9,11H,2-3,10,12-13H2,1H3. The van der Waals surface area contributed by atoms with Crippen molar-refractivity contribution in [2.24, 2.45) is 0 Å². The highest BCUT2D eigenvalue weighted by Gasteiger charge is 2.20. The molecule has 0 bridgehead atoms. The third kappa shape index (κ3) is 4.20. The molecule has 2 aromatic carbocycles. The first-order chi connectivity index (χ1) is 12.6. The van der Waals surface area contributed by atoms with E-state index >= 15 is 0 Å². The maximum absolute atomic E-state index is 13.6. The van der Waals surface area contributed by atoms with E-state index in [2.05, 4.69) is 0 Å². The second-order valence-electron chi connectivity index (χ2n) is 6.16. The number of carbonyl (C=O) groups is 2. The molecule has 1 amide bonds. The molecule has 0 unspecified atom stereocenters. The lowest BCUT2D eigenvalue weighted by molar-refractivity contribution is -0.128. The van der Waals surface area contributed by atoms with Crippen molar-refractivity contribution in [2.75, 3.05) is 13.7 Å². The highest BCUT2D eigenvalue weighted by molar-refractivity contribution is 5.89. The molecule has 3 rings (SSSR count). The summed E-state index contributed by atoms with van der Waals surface area (Å²) in [6.07, 6.45) is 1.51. The van der Waals surface area contributed by atoms with Crippen LogP contribution in [0.4, 0.5) is 4.39 Å². The van der Waals surface area contributed by atoms with Gasteiger partial charge in [-0.05, 0) is 41.8 Å². The topological polar surface area (TPSA) is 55.8 Å². The second kappa shape index (κ2) is 7.99. The first-order valence-electron chi connectivity index (χ1n) is 8.43. The lowest BCUT2D eigenvalue weighted by Gasteiger charge is -2.15. The number of carbonyl (C=O) groups excluding carboxylic acids is 2. The van der Waals surface area contributed by atoms with Crippen LogP contribution in [0.25, 0.3) is 0 Å². The van der Waals surface area contributed by atoms with Gasteiger partial charge in [0.25, 0.3) is 0 Å². The van der Waals surface area contributed by atoms with E-state index in [9.17, 15) is 14.0 Å². The number of methoxy groups -OCH3 is 1. The van der Waals surface area contributed by atoms with Gasteiger partial charge in [-0.1, -0.05) is 18.2 Å². The molecule has 0 atom stereocenters. The van der Waals surface area contributed by atoms with Crippen LogP contribution in [0.15, 0.2) is 42.5 Å². The Labute approximate surface area is 151 Å². The number of halogens is 1. The quantitative estimate of drug-likeness (QED) is 0.745. The fraction of sp³-hybridized carbons (Fsp3) is 0.300. The molecular weight excluding hydrogens is 337 g/mol. The third-order valence-electron chi connectivity index (χ3n) is 4.32.